The van der Waals surface area contributed by atoms with E-state index in [1.807, 2.05) is 6.92 Å². The minimum absolute atomic E-state index is 0.00864. The molecule has 2 amide bonds. The van der Waals surface area contributed by atoms with Crippen LogP contribution in [0.15, 0.2) is 18.2 Å². The van der Waals surface area contributed by atoms with Crippen LogP contribution in [0.5, 0.6) is 5.75 Å². The number of carbonyl (C=O) groups is 2. The summed E-state index contributed by atoms with van der Waals surface area (Å²) >= 11 is 0. The number of para-hydroxylation sites is 1. The Hall–Kier alpha value is -2.63. The van der Waals surface area contributed by atoms with Gasteiger partial charge in [-0.3, -0.25) is 9.59 Å². The van der Waals surface area contributed by atoms with Crippen LogP contribution in [0.1, 0.15) is 42.1 Å². The van der Waals surface area contributed by atoms with Gasteiger partial charge in [-0.15, -0.1) is 0 Å². The zero-order valence-electron chi connectivity index (χ0n) is 18.7. The maximum absolute atomic E-state index is 13.2. The highest BCUT2D eigenvalue weighted by molar-refractivity contribution is 5.97. The van der Waals surface area contributed by atoms with Gasteiger partial charge in [0, 0.05) is 34.3 Å². The second-order valence-electron chi connectivity index (χ2n) is 8.39. The summed E-state index contributed by atoms with van der Waals surface area (Å²) in [4.78, 5) is 29.2. The number of carbonyl (C=O) groups excluding carboxylic acids is 2. The van der Waals surface area contributed by atoms with Gasteiger partial charge in [0.25, 0.3) is 5.91 Å². The standard InChI is InChI=1S/C23H31N3O5/c1-15-13-26(3)23(28)18-7-5-6-16(12-24)21(18)30-14-20-19(29-4)9-8-17(31-20)10-11-25(2)22(15)27/h5-7,15,17,19-20H,8-11,13-14H2,1-4H3/t15-,17+,19+,20+/m1/s1. The van der Waals surface area contributed by atoms with E-state index in [2.05, 4.69) is 6.07 Å². The molecule has 0 unspecified atom stereocenters. The Morgan fingerprint density at radius 2 is 1.94 bits per heavy atom. The third-order valence-electron chi connectivity index (χ3n) is 6.09. The van der Waals surface area contributed by atoms with Crippen LogP contribution < -0.4 is 4.74 Å². The number of hydrogen-bond acceptors (Lipinski definition) is 6. The molecule has 31 heavy (non-hydrogen) atoms. The zero-order chi connectivity index (χ0) is 22.5. The highest BCUT2D eigenvalue weighted by Crippen LogP contribution is 2.29. The van der Waals surface area contributed by atoms with Crippen molar-refractivity contribution in [2.24, 2.45) is 5.92 Å². The monoisotopic (exact) mass is 429 g/mol. The van der Waals surface area contributed by atoms with Crippen LogP contribution >= 0.6 is 0 Å². The first-order valence-electron chi connectivity index (χ1n) is 10.7. The highest BCUT2D eigenvalue weighted by atomic mass is 16.6. The number of ether oxygens (including phenoxy) is 3. The number of amides is 2. The lowest BCUT2D eigenvalue weighted by Crippen LogP contribution is -2.45. The van der Waals surface area contributed by atoms with Crippen molar-refractivity contribution in [2.75, 3.05) is 40.9 Å². The van der Waals surface area contributed by atoms with Crippen LogP contribution in [0, 0.1) is 17.2 Å². The molecule has 168 valence electrons. The van der Waals surface area contributed by atoms with E-state index in [1.165, 1.54) is 4.90 Å². The smallest absolute Gasteiger partial charge is 0.257 e. The molecule has 0 aromatic heterocycles. The van der Waals surface area contributed by atoms with Gasteiger partial charge in [0.1, 0.15) is 24.5 Å². The number of rotatable bonds is 1. The topological polar surface area (TPSA) is 92.1 Å². The largest absolute Gasteiger partial charge is 0.489 e. The molecule has 3 rings (SSSR count). The molecule has 2 bridgehead atoms. The normalized spacial score (nSPS) is 28.1. The van der Waals surface area contributed by atoms with Crippen LogP contribution in [-0.2, 0) is 14.3 Å². The number of hydrogen-bond donors (Lipinski definition) is 0. The molecule has 0 saturated carbocycles. The molecule has 4 atom stereocenters. The molecule has 8 nitrogen and oxygen atoms in total. The average Bonchev–Trinajstić information content (AvgIpc) is 2.79. The molecule has 0 aliphatic carbocycles. The van der Waals surface area contributed by atoms with Gasteiger partial charge < -0.3 is 24.0 Å². The predicted molar refractivity (Wildman–Crippen MR) is 114 cm³/mol. The fraction of sp³-hybridized carbons (Fsp3) is 0.609. The van der Waals surface area contributed by atoms with Gasteiger partial charge in [0.05, 0.1) is 29.3 Å². The van der Waals surface area contributed by atoms with Crippen molar-refractivity contribution in [2.45, 2.75) is 44.5 Å². The minimum Gasteiger partial charge on any atom is -0.489 e. The lowest BCUT2D eigenvalue weighted by Gasteiger charge is -2.36. The molecule has 0 N–H and O–H groups in total. The van der Waals surface area contributed by atoms with Crippen molar-refractivity contribution in [3.63, 3.8) is 0 Å². The summed E-state index contributed by atoms with van der Waals surface area (Å²) in [6.07, 6.45) is 1.90. The van der Waals surface area contributed by atoms with E-state index in [-0.39, 0.29) is 60.5 Å². The third kappa shape index (κ3) is 5.17. The molecule has 1 aromatic carbocycles. The molecule has 2 aliphatic rings. The quantitative estimate of drug-likeness (QED) is 0.679. The predicted octanol–water partition coefficient (Wildman–Crippen LogP) is 2.07. The van der Waals surface area contributed by atoms with Gasteiger partial charge >= 0.3 is 0 Å². The summed E-state index contributed by atoms with van der Waals surface area (Å²) in [5.74, 6) is -0.423. The van der Waals surface area contributed by atoms with E-state index in [9.17, 15) is 14.9 Å². The van der Waals surface area contributed by atoms with Crippen molar-refractivity contribution in [3.8, 4) is 11.8 Å². The summed E-state index contributed by atoms with van der Waals surface area (Å²) < 4.78 is 17.9. The number of fused-ring (bicyclic) bond motifs is 3. The molecular weight excluding hydrogens is 398 g/mol. The van der Waals surface area contributed by atoms with Crippen LogP contribution in [0.25, 0.3) is 0 Å². The minimum atomic E-state index is -0.356. The van der Waals surface area contributed by atoms with E-state index in [0.29, 0.717) is 12.1 Å². The summed E-state index contributed by atoms with van der Waals surface area (Å²) in [7, 11) is 5.09. The number of nitriles is 1. The number of benzene rings is 1. The molecule has 8 heteroatoms. The SMILES string of the molecule is CO[C@H]1CC[C@H]2CCN(C)C(=O)[C@H](C)CN(C)C(=O)c3cccc(C#N)c3OC[C@@H]1O2. The first-order chi connectivity index (χ1) is 14.8. The van der Waals surface area contributed by atoms with Gasteiger partial charge in [-0.2, -0.15) is 5.26 Å². The van der Waals surface area contributed by atoms with Crippen LogP contribution in [0.4, 0.5) is 0 Å². The van der Waals surface area contributed by atoms with Crippen molar-refractivity contribution < 1.29 is 23.8 Å². The fourth-order valence-electron chi connectivity index (χ4n) is 4.28. The van der Waals surface area contributed by atoms with E-state index in [0.717, 1.165) is 19.3 Å². The average molecular weight is 430 g/mol. The van der Waals surface area contributed by atoms with Crippen molar-refractivity contribution in [1.82, 2.24) is 9.80 Å². The van der Waals surface area contributed by atoms with E-state index >= 15 is 0 Å². The van der Waals surface area contributed by atoms with Gasteiger partial charge in [-0.1, -0.05) is 13.0 Å². The van der Waals surface area contributed by atoms with Gasteiger partial charge in [0.15, 0.2) is 0 Å². The van der Waals surface area contributed by atoms with E-state index in [1.54, 1.807) is 44.3 Å². The lowest BCUT2D eigenvalue weighted by atomic mass is 9.99. The van der Waals surface area contributed by atoms with Crippen LogP contribution in [0.2, 0.25) is 0 Å². The molecule has 0 radical (unpaired) electrons. The molecule has 1 saturated heterocycles. The Labute approximate surface area is 183 Å². The second kappa shape index (κ2) is 10.1. The molecule has 2 aliphatic heterocycles. The zero-order valence-corrected chi connectivity index (χ0v) is 18.7. The molecule has 1 aromatic rings. The van der Waals surface area contributed by atoms with E-state index in [4.69, 9.17) is 14.2 Å². The second-order valence-corrected chi connectivity index (χ2v) is 8.39. The van der Waals surface area contributed by atoms with Crippen LogP contribution in [0.3, 0.4) is 0 Å². The van der Waals surface area contributed by atoms with Gasteiger partial charge in [0.2, 0.25) is 5.91 Å². The van der Waals surface area contributed by atoms with Crippen molar-refractivity contribution >= 4 is 11.8 Å². The molecular formula is C23H31N3O5. The first-order valence-corrected chi connectivity index (χ1v) is 10.7. The Kier molecular flexibility index (Phi) is 7.52. The van der Waals surface area contributed by atoms with Gasteiger partial charge in [-0.25, -0.2) is 0 Å². The third-order valence-corrected chi connectivity index (χ3v) is 6.09. The Morgan fingerprint density at radius 3 is 2.65 bits per heavy atom. The van der Waals surface area contributed by atoms with Crippen molar-refractivity contribution in [3.05, 3.63) is 29.3 Å². The number of methoxy groups -OCH3 is 1. The summed E-state index contributed by atoms with van der Waals surface area (Å²) in [5.41, 5.74) is 0.583. The summed E-state index contributed by atoms with van der Waals surface area (Å²) in [5, 5.41) is 9.57. The Morgan fingerprint density at radius 1 is 1.16 bits per heavy atom. The first kappa shape index (κ1) is 23.0. The maximum Gasteiger partial charge on any atom is 0.257 e. The number of nitrogens with zero attached hydrogens (tertiary/aromatic N) is 3. The van der Waals surface area contributed by atoms with Crippen molar-refractivity contribution in [1.29, 1.82) is 5.26 Å². The summed E-state index contributed by atoms with van der Waals surface area (Å²) in [6.45, 7) is 2.84. The van der Waals surface area contributed by atoms with Gasteiger partial charge in [-0.05, 0) is 31.4 Å². The molecule has 0 spiro atoms. The Balaban J connectivity index is 1.96. The summed E-state index contributed by atoms with van der Waals surface area (Å²) in [6, 6.07) is 7.04. The lowest BCUT2D eigenvalue weighted by molar-refractivity contribution is -0.146. The molecule has 2 heterocycles. The van der Waals surface area contributed by atoms with E-state index < -0.39 is 0 Å². The maximum atomic E-state index is 13.2. The Bertz CT molecular complexity index is 852. The molecule has 1 fully saturated rings. The fourth-order valence-corrected chi connectivity index (χ4v) is 4.28. The highest BCUT2D eigenvalue weighted by Gasteiger charge is 2.33. The van der Waals surface area contributed by atoms with Crippen LogP contribution in [-0.4, -0.2) is 80.8 Å².